The number of aliphatic hydroxyl groups is 2. The first-order valence-corrected chi connectivity index (χ1v) is 8.22. The first-order chi connectivity index (χ1) is 11.3. The topological polar surface area (TPSA) is 186 Å². The van der Waals surface area contributed by atoms with Crippen molar-refractivity contribution >= 4 is 8.53 Å². The fraction of sp³-hybridized carbons (Fsp3) is 0.500. The molecule has 1 aliphatic rings. The minimum atomic E-state index is -2.15. The number of aliphatic hydroxyl groups excluding tert-OH is 2. The molecular weight excluding hydrogens is 343 g/mol. The zero-order valence-electron chi connectivity index (χ0n) is 12.5. The van der Waals surface area contributed by atoms with E-state index in [4.69, 9.17) is 25.4 Å². The Morgan fingerprint density at radius 2 is 2.12 bits per heavy atom. The fourth-order valence-electron chi connectivity index (χ4n) is 2.30. The summed E-state index contributed by atoms with van der Waals surface area (Å²) in [6.45, 7) is -0.270. The first kappa shape index (κ1) is 18.7. The summed E-state index contributed by atoms with van der Waals surface area (Å²) in [5.41, 5.74) is 9.15. The fourth-order valence-corrected chi connectivity index (χ4v) is 2.60. The zero-order valence-corrected chi connectivity index (χ0v) is 13.4. The number of nitrogens with two attached hydrogens (primary N) is 2. The highest BCUT2D eigenvalue weighted by Gasteiger charge is 2.44. The highest BCUT2D eigenvalue weighted by atomic mass is 31.2. The lowest BCUT2D eigenvalue weighted by Crippen LogP contribution is -2.38. The predicted molar refractivity (Wildman–Crippen MR) is 83.6 cm³/mol. The van der Waals surface area contributed by atoms with Crippen molar-refractivity contribution in [3.63, 3.8) is 0 Å². The quantitative estimate of drug-likeness (QED) is 0.294. The standard InChI is InChI=1S/C12H19N4O7P/c13-3-1-2-6-4-16(12(20)15-10(6)19)11-9(18)8(17)7(23-11)5-22-24(14)21/h1,3-4,7-9,11,17-18,21H,2,5,13-14H2,(H,15,19,20)/t7-,8-,9-,11-,24?/m1/s1. The molecule has 11 nitrogen and oxygen atoms in total. The van der Waals surface area contributed by atoms with E-state index < -0.39 is 44.3 Å². The number of nitrogens with one attached hydrogen (secondary N) is 1. The van der Waals surface area contributed by atoms with Gasteiger partial charge >= 0.3 is 5.69 Å². The Morgan fingerprint density at radius 1 is 1.42 bits per heavy atom. The highest BCUT2D eigenvalue weighted by molar-refractivity contribution is 7.43. The summed E-state index contributed by atoms with van der Waals surface area (Å²) in [4.78, 5) is 34.8. The van der Waals surface area contributed by atoms with Gasteiger partial charge in [0.25, 0.3) is 5.56 Å². The van der Waals surface area contributed by atoms with Gasteiger partial charge in [0.2, 0.25) is 8.53 Å². The van der Waals surface area contributed by atoms with Gasteiger partial charge < -0.3 is 30.1 Å². The second-order valence-corrected chi connectivity index (χ2v) is 5.96. The maximum absolute atomic E-state index is 12.0. The van der Waals surface area contributed by atoms with Gasteiger partial charge in [0, 0.05) is 11.8 Å². The molecule has 8 N–H and O–H groups in total. The van der Waals surface area contributed by atoms with Crippen LogP contribution in [0.25, 0.3) is 0 Å². The maximum Gasteiger partial charge on any atom is 0.330 e. The molecule has 2 heterocycles. The van der Waals surface area contributed by atoms with Gasteiger partial charge in [-0.2, -0.15) is 0 Å². The molecule has 134 valence electrons. The number of aromatic amines is 1. The monoisotopic (exact) mass is 362 g/mol. The molecule has 1 aliphatic heterocycles. The van der Waals surface area contributed by atoms with Crippen LogP contribution < -0.4 is 22.5 Å². The number of aromatic nitrogens is 2. The van der Waals surface area contributed by atoms with E-state index in [-0.39, 0.29) is 18.6 Å². The van der Waals surface area contributed by atoms with Crippen LogP contribution in [0.1, 0.15) is 11.8 Å². The number of hydrogen-bond acceptors (Lipinski definition) is 9. The third-order valence-electron chi connectivity index (χ3n) is 3.50. The lowest BCUT2D eigenvalue weighted by molar-refractivity contribution is -0.0515. The van der Waals surface area contributed by atoms with E-state index in [0.717, 1.165) is 4.57 Å². The van der Waals surface area contributed by atoms with Crippen LogP contribution in [-0.2, 0) is 15.7 Å². The summed E-state index contributed by atoms with van der Waals surface area (Å²) >= 11 is 0. The molecule has 5 atom stereocenters. The van der Waals surface area contributed by atoms with Crippen molar-refractivity contribution in [3.05, 3.63) is 44.9 Å². The number of allylic oxidation sites excluding steroid dienone is 1. The Bertz CT molecular complexity index is 703. The van der Waals surface area contributed by atoms with Crippen LogP contribution in [0.2, 0.25) is 0 Å². The van der Waals surface area contributed by atoms with E-state index in [2.05, 4.69) is 4.98 Å². The van der Waals surface area contributed by atoms with Crippen LogP contribution in [0.3, 0.4) is 0 Å². The second-order valence-electron chi connectivity index (χ2n) is 5.10. The predicted octanol–water partition coefficient (Wildman–Crippen LogP) is -2.63. The van der Waals surface area contributed by atoms with Crippen LogP contribution in [-0.4, -0.2) is 49.6 Å². The molecule has 1 saturated heterocycles. The molecule has 24 heavy (non-hydrogen) atoms. The van der Waals surface area contributed by atoms with E-state index in [1.54, 1.807) is 0 Å². The third kappa shape index (κ3) is 4.08. The first-order valence-electron chi connectivity index (χ1n) is 6.94. The highest BCUT2D eigenvalue weighted by Crippen LogP contribution is 2.31. The summed E-state index contributed by atoms with van der Waals surface area (Å²) in [5.74, 6) is 0. The Hall–Kier alpha value is -1.59. The molecule has 2 rings (SSSR count). The van der Waals surface area contributed by atoms with E-state index >= 15 is 0 Å². The lowest BCUT2D eigenvalue weighted by Gasteiger charge is -2.18. The van der Waals surface area contributed by atoms with Crippen LogP contribution in [0.5, 0.6) is 0 Å². The zero-order chi connectivity index (χ0) is 17.9. The molecule has 0 aromatic carbocycles. The Morgan fingerprint density at radius 3 is 2.75 bits per heavy atom. The van der Waals surface area contributed by atoms with Crippen molar-refractivity contribution in [1.29, 1.82) is 0 Å². The average Bonchev–Trinajstić information content (AvgIpc) is 2.80. The van der Waals surface area contributed by atoms with Gasteiger partial charge in [-0.05, 0) is 12.6 Å². The van der Waals surface area contributed by atoms with Crippen molar-refractivity contribution in [2.45, 2.75) is 31.0 Å². The normalized spacial score (nSPS) is 28.5. The summed E-state index contributed by atoms with van der Waals surface area (Å²) in [7, 11) is -2.15. The molecule has 1 unspecified atom stereocenters. The van der Waals surface area contributed by atoms with Crippen molar-refractivity contribution in [2.24, 2.45) is 11.2 Å². The van der Waals surface area contributed by atoms with Crippen molar-refractivity contribution in [2.75, 3.05) is 6.61 Å². The van der Waals surface area contributed by atoms with Crippen LogP contribution >= 0.6 is 8.53 Å². The number of nitrogens with zero attached hydrogens (tertiary/aromatic N) is 1. The van der Waals surface area contributed by atoms with Gasteiger partial charge in [0.05, 0.1) is 6.61 Å². The van der Waals surface area contributed by atoms with E-state index in [9.17, 15) is 19.8 Å². The molecule has 0 radical (unpaired) electrons. The smallest absolute Gasteiger partial charge is 0.330 e. The lowest BCUT2D eigenvalue weighted by atomic mass is 10.1. The van der Waals surface area contributed by atoms with Gasteiger partial charge in [0.15, 0.2) is 6.23 Å². The van der Waals surface area contributed by atoms with Crippen molar-refractivity contribution < 1.29 is 24.4 Å². The van der Waals surface area contributed by atoms with E-state index in [1.165, 1.54) is 18.5 Å². The average molecular weight is 362 g/mol. The van der Waals surface area contributed by atoms with Gasteiger partial charge in [-0.15, -0.1) is 0 Å². The van der Waals surface area contributed by atoms with Gasteiger partial charge in [-0.1, -0.05) is 6.08 Å². The number of hydrogen-bond donors (Lipinski definition) is 6. The third-order valence-corrected chi connectivity index (χ3v) is 3.91. The molecule has 0 bridgehead atoms. The van der Waals surface area contributed by atoms with Crippen LogP contribution in [0.15, 0.2) is 28.1 Å². The van der Waals surface area contributed by atoms with Gasteiger partial charge in [-0.25, -0.2) is 4.79 Å². The number of rotatable bonds is 6. The number of H-pyrrole nitrogens is 1. The molecule has 1 fully saturated rings. The van der Waals surface area contributed by atoms with E-state index in [1.807, 2.05) is 0 Å². The maximum atomic E-state index is 12.0. The molecule has 1 aromatic rings. The molecule has 0 amide bonds. The van der Waals surface area contributed by atoms with Gasteiger partial charge in [0.1, 0.15) is 18.3 Å². The van der Waals surface area contributed by atoms with Gasteiger partial charge in [-0.3, -0.25) is 19.8 Å². The largest absolute Gasteiger partial charge is 0.405 e. The molecule has 0 spiro atoms. The molecule has 1 aromatic heterocycles. The minimum Gasteiger partial charge on any atom is -0.405 e. The Labute approximate surface area is 137 Å². The van der Waals surface area contributed by atoms with Crippen molar-refractivity contribution in [1.82, 2.24) is 9.55 Å². The summed E-state index contributed by atoms with van der Waals surface area (Å²) in [6, 6.07) is 0. The number of ether oxygens (including phenoxy) is 1. The summed E-state index contributed by atoms with van der Waals surface area (Å²) in [5, 5.41) is 20.1. The Balaban J connectivity index is 2.27. The molecule has 12 heteroatoms. The molecule has 0 aliphatic carbocycles. The summed E-state index contributed by atoms with van der Waals surface area (Å²) in [6.07, 6.45) is -0.870. The second kappa shape index (κ2) is 7.99. The van der Waals surface area contributed by atoms with E-state index in [0.29, 0.717) is 0 Å². The SMILES string of the molecule is NC=CCc1cn([C@@H]2O[C@H](COP(N)O)[C@@H](O)[C@H]2O)c(=O)[nH]c1=O. The Kier molecular flexibility index (Phi) is 6.24. The van der Waals surface area contributed by atoms with Crippen LogP contribution in [0.4, 0.5) is 0 Å². The van der Waals surface area contributed by atoms with Crippen molar-refractivity contribution in [3.8, 4) is 0 Å². The summed E-state index contributed by atoms with van der Waals surface area (Å²) < 4.78 is 11.2. The van der Waals surface area contributed by atoms with Crippen LogP contribution in [0, 0.1) is 0 Å². The molecular formula is C12H19N4O7P. The minimum absolute atomic E-state index is 0.173. The molecule has 0 saturated carbocycles.